The molecule has 0 aromatic heterocycles. The second kappa shape index (κ2) is 5.74. The number of rotatable bonds is 2. The van der Waals surface area contributed by atoms with Crippen LogP contribution in [0.5, 0.6) is 0 Å². The number of hydrogen-bond acceptors (Lipinski definition) is 3. The van der Waals surface area contributed by atoms with Crippen molar-refractivity contribution >= 4 is 12.0 Å². The lowest BCUT2D eigenvalue weighted by Gasteiger charge is -2.26. The third-order valence-electron chi connectivity index (χ3n) is 5.10. The highest BCUT2D eigenvalue weighted by Gasteiger charge is 2.60. The Morgan fingerprint density at radius 3 is 2.18 bits per heavy atom. The van der Waals surface area contributed by atoms with Gasteiger partial charge in [-0.05, 0) is 45.4 Å². The molecule has 0 radical (unpaired) electrons. The molecule has 2 unspecified atom stereocenters. The summed E-state index contributed by atoms with van der Waals surface area (Å²) in [5.41, 5.74) is -0.457. The second-order valence-corrected chi connectivity index (χ2v) is 8.08. The first-order chi connectivity index (χ1) is 10.3. The fourth-order valence-corrected chi connectivity index (χ4v) is 3.94. The lowest BCUT2D eigenvalue weighted by Crippen LogP contribution is -2.41. The number of piperidine rings is 1. The van der Waals surface area contributed by atoms with E-state index >= 15 is 0 Å². The molecule has 2 aliphatic carbocycles. The molecule has 1 aliphatic heterocycles. The first-order valence-corrected chi connectivity index (χ1v) is 8.63. The molecular weight excluding hydrogens is 280 g/mol. The summed E-state index contributed by atoms with van der Waals surface area (Å²) in [6.45, 7) is 6.97. The van der Waals surface area contributed by atoms with Crippen LogP contribution in [0, 0.1) is 17.8 Å². The Hall–Kier alpha value is -1.26. The lowest BCUT2D eigenvalue weighted by molar-refractivity contribution is -0.124. The number of hydrogen-bond donors (Lipinski definition) is 1. The van der Waals surface area contributed by atoms with Gasteiger partial charge in [-0.2, -0.15) is 0 Å². The van der Waals surface area contributed by atoms with Crippen LogP contribution in [0.4, 0.5) is 4.79 Å². The summed E-state index contributed by atoms with van der Waals surface area (Å²) in [6, 6.07) is 0.379. The fraction of sp³-hybridized carbons (Fsp3) is 0.882. The molecule has 0 bridgehead atoms. The zero-order chi connectivity index (χ0) is 15.9. The molecule has 3 rings (SSSR count). The van der Waals surface area contributed by atoms with Gasteiger partial charge in [-0.3, -0.25) is 4.79 Å². The van der Waals surface area contributed by atoms with E-state index in [-0.39, 0.29) is 17.9 Å². The van der Waals surface area contributed by atoms with Crippen LogP contribution in [-0.2, 0) is 9.53 Å². The highest BCUT2D eigenvalue weighted by molar-refractivity contribution is 5.83. The molecule has 3 aliphatic rings. The summed E-state index contributed by atoms with van der Waals surface area (Å²) < 4.78 is 5.39. The monoisotopic (exact) mass is 308 g/mol. The van der Waals surface area contributed by atoms with Gasteiger partial charge in [-0.25, -0.2) is 4.79 Å². The summed E-state index contributed by atoms with van der Waals surface area (Å²) in [4.78, 5) is 26.1. The second-order valence-electron chi connectivity index (χ2n) is 8.08. The normalized spacial score (nSPS) is 31.6. The number of carbonyl (C=O) groups is 2. The first kappa shape index (κ1) is 15.6. The number of nitrogens with one attached hydrogen (secondary N) is 1. The quantitative estimate of drug-likeness (QED) is 0.853. The summed E-state index contributed by atoms with van der Waals surface area (Å²) >= 11 is 0. The molecule has 5 heteroatoms. The minimum absolute atomic E-state index is 0.126. The van der Waals surface area contributed by atoms with Crippen molar-refractivity contribution in [3.05, 3.63) is 0 Å². The number of nitrogens with zero attached hydrogens (tertiary/aromatic N) is 1. The minimum Gasteiger partial charge on any atom is -0.444 e. The number of ether oxygens (including phenoxy) is 1. The molecule has 1 heterocycles. The first-order valence-electron chi connectivity index (χ1n) is 8.63. The van der Waals surface area contributed by atoms with Crippen LogP contribution in [0.15, 0.2) is 0 Å². The number of likely N-dealkylation sites (tertiary alicyclic amines) is 1. The largest absolute Gasteiger partial charge is 0.444 e. The fourth-order valence-electron chi connectivity index (χ4n) is 3.94. The van der Waals surface area contributed by atoms with E-state index in [9.17, 15) is 9.59 Å². The third-order valence-corrected chi connectivity index (χ3v) is 5.10. The van der Waals surface area contributed by atoms with Gasteiger partial charge in [-0.1, -0.05) is 19.3 Å². The van der Waals surface area contributed by atoms with E-state index in [1.165, 1.54) is 19.3 Å². The van der Waals surface area contributed by atoms with Crippen molar-refractivity contribution in [2.24, 2.45) is 17.8 Å². The Balaban J connectivity index is 1.44. The summed E-state index contributed by atoms with van der Waals surface area (Å²) in [5, 5.41) is 3.22. The standard InChI is InChI=1S/C17H28N2O3/c1-17(2,3)22-16(21)19-9-12-13(10-19)14(12)15(20)18-11-7-5-4-6-8-11/h11-14H,4-10H2,1-3H3,(H,18,20)/t12-,13?,14?/m1/s1. The van der Waals surface area contributed by atoms with Gasteiger partial charge in [0, 0.05) is 25.0 Å². The average molecular weight is 308 g/mol. The van der Waals surface area contributed by atoms with Crippen LogP contribution in [-0.4, -0.2) is 41.6 Å². The van der Waals surface area contributed by atoms with Crippen molar-refractivity contribution in [3.63, 3.8) is 0 Å². The smallest absolute Gasteiger partial charge is 0.410 e. The molecule has 2 saturated carbocycles. The van der Waals surface area contributed by atoms with E-state index in [2.05, 4.69) is 5.32 Å². The van der Waals surface area contributed by atoms with Crippen molar-refractivity contribution < 1.29 is 14.3 Å². The Bertz CT molecular complexity index is 439. The molecule has 1 saturated heterocycles. The molecular formula is C17H28N2O3. The molecule has 0 aromatic rings. The highest BCUT2D eigenvalue weighted by Crippen LogP contribution is 2.52. The van der Waals surface area contributed by atoms with Crippen LogP contribution in [0.3, 0.4) is 0 Å². The van der Waals surface area contributed by atoms with Crippen molar-refractivity contribution in [3.8, 4) is 0 Å². The SMILES string of the molecule is CC(C)(C)OC(=O)N1CC2C(C(=O)NC3CCCCC3)[C@@H]2C1. The van der Waals surface area contributed by atoms with E-state index in [4.69, 9.17) is 4.74 Å². The Kier molecular flexibility index (Phi) is 4.08. The molecule has 1 N–H and O–H groups in total. The van der Waals surface area contributed by atoms with Crippen LogP contribution in [0.25, 0.3) is 0 Å². The van der Waals surface area contributed by atoms with E-state index in [0.29, 0.717) is 31.0 Å². The molecule has 0 spiro atoms. The Morgan fingerprint density at radius 2 is 1.64 bits per heavy atom. The van der Waals surface area contributed by atoms with Crippen molar-refractivity contribution in [2.45, 2.75) is 64.5 Å². The molecule has 3 fully saturated rings. The summed E-state index contributed by atoms with van der Waals surface area (Å²) in [7, 11) is 0. The van der Waals surface area contributed by atoms with Gasteiger partial charge >= 0.3 is 6.09 Å². The van der Waals surface area contributed by atoms with Gasteiger partial charge in [0.2, 0.25) is 5.91 Å². The van der Waals surface area contributed by atoms with Gasteiger partial charge in [0.05, 0.1) is 0 Å². The Labute approximate surface area is 132 Å². The van der Waals surface area contributed by atoms with Gasteiger partial charge in [0.15, 0.2) is 0 Å². The van der Waals surface area contributed by atoms with E-state index in [0.717, 1.165) is 12.8 Å². The van der Waals surface area contributed by atoms with Gasteiger partial charge in [0.25, 0.3) is 0 Å². The summed E-state index contributed by atoms with van der Waals surface area (Å²) in [6.07, 6.45) is 5.76. The van der Waals surface area contributed by atoms with Crippen molar-refractivity contribution in [2.75, 3.05) is 13.1 Å². The van der Waals surface area contributed by atoms with E-state index in [1.807, 2.05) is 20.8 Å². The zero-order valence-electron chi connectivity index (χ0n) is 13.9. The van der Waals surface area contributed by atoms with E-state index < -0.39 is 5.60 Å². The third kappa shape index (κ3) is 3.39. The van der Waals surface area contributed by atoms with Crippen molar-refractivity contribution in [1.82, 2.24) is 10.2 Å². The number of carbonyl (C=O) groups excluding carboxylic acids is 2. The Morgan fingerprint density at radius 1 is 1.05 bits per heavy atom. The van der Waals surface area contributed by atoms with Crippen LogP contribution >= 0.6 is 0 Å². The number of amides is 2. The highest BCUT2D eigenvalue weighted by atomic mass is 16.6. The predicted octanol–water partition coefficient (Wildman–Crippen LogP) is 2.55. The van der Waals surface area contributed by atoms with Crippen LogP contribution in [0.2, 0.25) is 0 Å². The molecule has 3 atom stereocenters. The zero-order valence-corrected chi connectivity index (χ0v) is 13.9. The van der Waals surface area contributed by atoms with Crippen LogP contribution < -0.4 is 5.32 Å². The maximum atomic E-state index is 12.3. The topological polar surface area (TPSA) is 58.6 Å². The minimum atomic E-state index is -0.457. The van der Waals surface area contributed by atoms with Gasteiger partial charge in [-0.15, -0.1) is 0 Å². The maximum absolute atomic E-state index is 12.3. The molecule has 5 nitrogen and oxygen atoms in total. The maximum Gasteiger partial charge on any atom is 0.410 e. The molecule has 0 aromatic carbocycles. The lowest BCUT2D eigenvalue weighted by atomic mass is 9.95. The summed E-state index contributed by atoms with van der Waals surface area (Å²) in [5.74, 6) is 1.03. The predicted molar refractivity (Wildman–Crippen MR) is 83.3 cm³/mol. The van der Waals surface area contributed by atoms with E-state index in [1.54, 1.807) is 4.90 Å². The van der Waals surface area contributed by atoms with Gasteiger partial charge < -0.3 is 15.0 Å². The average Bonchev–Trinajstić information content (AvgIpc) is 2.93. The molecule has 22 heavy (non-hydrogen) atoms. The molecule has 124 valence electrons. The van der Waals surface area contributed by atoms with Crippen molar-refractivity contribution in [1.29, 1.82) is 0 Å². The van der Waals surface area contributed by atoms with Crippen LogP contribution in [0.1, 0.15) is 52.9 Å². The molecule has 2 amide bonds. The number of fused-ring (bicyclic) bond motifs is 1. The van der Waals surface area contributed by atoms with Gasteiger partial charge in [0.1, 0.15) is 5.60 Å².